The van der Waals surface area contributed by atoms with Crippen LogP contribution in [0.25, 0.3) is 0 Å². The van der Waals surface area contributed by atoms with Crippen LogP contribution in [0.1, 0.15) is 43.9 Å². The van der Waals surface area contributed by atoms with E-state index in [0.717, 1.165) is 19.5 Å². The molecule has 0 saturated heterocycles. The van der Waals surface area contributed by atoms with Crippen LogP contribution in [0.4, 0.5) is 0 Å². The van der Waals surface area contributed by atoms with E-state index >= 15 is 0 Å². The van der Waals surface area contributed by atoms with Crippen LogP contribution in [0.15, 0.2) is 6.20 Å². The summed E-state index contributed by atoms with van der Waals surface area (Å²) in [6, 6.07) is 0. The fraction of sp³-hybridized carbons (Fsp3) is 0.800. The van der Waals surface area contributed by atoms with Crippen LogP contribution in [0.2, 0.25) is 0 Å². The minimum absolute atomic E-state index is 0.370. The zero-order valence-electron chi connectivity index (χ0n) is 12.9. The normalized spacial score (nSPS) is 18.4. The van der Waals surface area contributed by atoms with Gasteiger partial charge in [-0.1, -0.05) is 19.8 Å². The number of nitrogens with zero attached hydrogens (tertiary/aromatic N) is 3. The molecule has 1 aromatic rings. The van der Waals surface area contributed by atoms with Gasteiger partial charge in [-0.3, -0.25) is 4.68 Å². The van der Waals surface area contributed by atoms with E-state index in [0.29, 0.717) is 5.54 Å². The third-order valence-electron chi connectivity index (χ3n) is 4.58. The number of hydrogen-bond donors (Lipinski definition) is 1. The predicted octanol–water partition coefficient (Wildman–Crippen LogP) is 1.95. The molecule has 1 aliphatic rings. The highest BCUT2D eigenvalue weighted by Gasteiger charge is 2.35. The molecule has 2 rings (SSSR count). The summed E-state index contributed by atoms with van der Waals surface area (Å²) in [4.78, 5) is 2.41. The van der Waals surface area contributed by atoms with Crippen molar-refractivity contribution in [2.24, 2.45) is 7.05 Å². The van der Waals surface area contributed by atoms with E-state index in [9.17, 15) is 0 Å². The van der Waals surface area contributed by atoms with Gasteiger partial charge in [-0.05, 0) is 33.4 Å². The van der Waals surface area contributed by atoms with Gasteiger partial charge in [-0.25, -0.2) is 0 Å². The highest BCUT2D eigenvalue weighted by atomic mass is 15.3. The summed E-state index contributed by atoms with van der Waals surface area (Å²) >= 11 is 0. The summed E-state index contributed by atoms with van der Waals surface area (Å²) in [6.07, 6.45) is 8.53. The fourth-order valence-electron chi connectivity index (χ4n) is 3.27. The number of rotatable bonds is 6. The number of nitrogens with one attached hydrogen (secondary N) is 1. The second-order valence-electron chi connectivity index (χ2n) is 6.06. The molecule has 1 aromatic heterocycles. The van der Waals surface area contributed by atoms with Gasteiger partial charge in [0.05, 0.1) is 5.69 Å². The molecule has 0 aromatic carbocycles. The Kier molecular flexibility index (Phi) is 4.63. The molecule has 0 spiro atoms. The number of hydrogen-bond acceptors (Lipinski definition) is 3. The quantitative estimate of drug-likeness (QED) is 0.852. The van der Waals surface area contributed by atoms with Gasteiger partial charge in [0, 0.05) is 37.4 Å². The van der Waals surface area contributed by atoms with Crippen LogP contribution < -0.4 is 5.32 Å². The van der Waals surface area contributed by atoms with Crippen molar-refractivity contribution in [2.45, 2.75) is 51.1 Å². The Labute approximate surface area is 117 Å². The van der Waals surface area contributed by atoms with Crippen molar-refractivity contribution in [3.05, 3.63) is 17.5 Å². The molecule has 0 radical (unpaired) electrons. The lowest BCUT2D eigenvalue weighted by Gasteiger charge is -2.36. The molecule has 1 heterocycles. The van der Waals surface area contributed by atoms with E-state index in [2.05, 4.69) is 42.5 Å². The lowest BCUT2D eigenvalue weighted by atomic mass is 9.96. The molecular weight excluding hydrogens is 236 g/mol. The molecule has 4 nitrogen and oxygen atoms in total. The Morgan fingerprint density at radius 1 is 1.37 bits per heavy atom. The zero-order chi connectivity index (χ0) is 13.9. The van der Waals surface area contributed by atoms with E-state index in [1.54, 1.807) is 0 Å². The molecule has 0 amide bonds. The van der Waals surface area contributed by atoms with Crippen LogP contribution >= 0.6 is 0 Å². The molecule has 1 aliphatic carbocycles. The van der Waals surface area contributed by atoms with Crippen LogP contribution in [0.3, 0.4) is 0 Å². The summed E-state index contributed by atoms with van der Waals surface area (Å²) in [5, 5.41) is 8.16. The van der Waals surface area contributed by atoms with E-state index in [4.69, 9.17) is 0 Å². The molecule has 108 valence electrons. The summed E-state index contributed by atoms with van der Waals surface area (Å²) in [7, 11) is 6.43. The van der Waals surface area contributed by atoms with Gasteiger partial charge in [-0.15, -0.1) is 0 Å². The lowest BCUT2D eigenvalue weighted by molar-refractivity contribution is 0.153. The Balaban J connectivity index is 1.92. The molecule has 1 fully saturated rings. The van der Waals surface area contributed by atoms with Crippen LogP contribution in [-0.2, 0) is 20.0 Å². The largest absolute Gasteiger partial charge is 0.311 e. The average Bonchev–Trinajstić information content (AvgIpc) is 2.97. The smallest absolute Gasteiger partial charge is 0.0666 e. The van der Waals surface area contributed by atoms with Gasteiger partial charge in [0.15, 0.2) is 0 Å². The SMILES string of the molecule is CCc1nn(C)cc1CNCC1(N(C)C)CCCC1. The number of aryl methyl sites for hydroxylation is 2. The van der Waals surface area contributed by atoms with Gasteiger partial charge in [0.25, 0.3) is 0 Å². The van der Waals surface area contributed by atoms with Gasteiger partial charge in [0.1, 0.15) is 0 Å². The average molecular weight is 264 g/mol. The fourth-order valence-corrected chi connectivity index (χ4v) is 3.27. The molecule has 1 saturated carbocycles. The highest BCUT2D eigenvalue weighted by molar-refractivity contribution is 5.16. The topological polar surface area (TPSA) is 33.1 Å². The Morgan fingerprint density at radius 2 is 2.05 bits per heavy atom. The minimum atomic E-state index is 0.370. The van der Waals surface area contributed by atoms with Crippen LogP contribution in [-0.4, -0.2) is 40.9 Å². The molecule has 1 N–H and O–H groups in total. The maximum absolute atomic E-state index is 4.50. The van der Waals surface area contributed by atoms with Gasteiger partial charge < -0.3 is 10.2 Å². The molecule has 0 bridgehead atoms. The third-order valence-corrected chi connectivity index (χ3v) is 4.58. The monoisotopic (exact) mass is 264 g/mol. The molecule has 0 unspecified atom stereocenters. The summed E-state index contributed by atoms with van der Waals surface area (Å²) in [6.45, 7) is 4.19. The Bertz CT molecular complexity index is 402. The first-order valence-corrected chi connectivity index (χ1v) is 7.47. The second kappa shape index (κ2) is 6.06. The van der Waals surface area contributed by atoms with E-state index < -0.39 is 0 Å². The Hall–Kier alpha value is -0.870. The van der Waals surface area contributed by atoms with Crippen molar-refractivity contribution in [3.8, 4) is 0 Å². The first-order valence-electron chi connectivity index (χ1n) is 7.47. The van der Waals surface area contributed by atoms with Crippen LogP contribution in [0.5, 0.6) is 0 Å². The van der Waals surface area contributed by atoms with Gasteiger partial charge in [0.2, 0.25) is 0 Å². The first kappa shape index (κ1) is 14.5. The van der Waals surface area contributed by atoms with Gasteiger partial charge >= 0.3 is 0 Å². The third kappa shape index (κ3) is 3.18. The summed E-state index contributed by atoms with van der Waals surface area (Å²) in [5.41, 5.74) is 2.94. The number of likely N-dealkylation sites (N-methyl/N-ethyl adjacent to an activating group) is 1. The zero-order valence-corrected chi connectivity index (χ0v) is 12.9. The maximum Gasteiger partial charge on any atom is 0.0666 e. The van der Waals surface area contributed by atoms with E-state index in [1.807, 2.05) is 11.7 Å². The van der Waals surface area contributed by atoms with Crippen molar-refractivity contribution in [2.75, 3.05) is 20.6 Å². The van der Waals surface area contributed by atoms with Crippen LogP contribution in [0, 0.1) is 0 Å². The maximum atomic E-state index is 4.50. The second-order valence-corrected chi connectivity index (χ2v) is 6.06. The lowest BCUT2D eigenvalue weighted by Crippen LogP contribution is -2.49. The summed E-state index contributed by atoms with van der Waals surface area (Å²) < 4.78 is 1.92. The van der Waals surface area contributed by atoms with Crippen molar-refractivity contribution in [1.82, 2.24) is 20.0 Å². The minimum Gasteiger partial charge on any atom is -0.311 e. The van der Waals surface area contributed by atoms with Crippen molar-refractivity contribution >= 4 is 0 Å². The summed E-state index contributed by atoms with van der Waals surface area (Å²) in [5.74, 6) is 0. The molecule has 0 aliphatic heterocycles. The molecule has 0 atom stereocenters. The van der Waals surface area contributed by atoms with Crippen molar-refractivity contribution in [3.63, 3.8) is 0 Å². The van der Waals surface area contributed by atoms with Crippen molar-refractivity contribution in [1.29, 1.82) is 0 Å². The number of aromatic nitrogens is 2. The molecule has 4 heteroatoms. The van der Waals surface area contributed by atoms with E-state index in [-0.39, 0.29) is 0 Å². The first-order chi connectivity index (χ1) is 9.07. The molecular formula is C15H28N4. The standard InChI is InChI=1S/C15H28N4/c1-5-14-13(11-19(4)17-14)10-16-12-15(18(2)3)8-6-7-9-15/h11,16H,5-10,12H2,1-4H3. The van der Waals surface area contributed by atoms with E-state index in [1.165, 1.54) is 36.9 Å². The predicted molar refractivity (Wildman–Crippen MR) is 79.2 cm³/mol. The Morgan fingerprint density at radius 3 is 2.63 bits per heavy atom. The highest BCUT2D eigenvalue weighted by Crippen LogP contribution is 2.33. The molecule has 19 heavy (non-hydrogen) atoms. The van der Waals surface area contributed by atoms with Gasteiger partial charge in [-0.2, -0.15) is 5.10 Å². The van der Waals surface area contributed by atoms with Crippen molar-refractivity contribution < 1.29 is 0 Å².